The van der Waals surface area contributed by atoms with Crippen LogP contribution < -0.4 is 5.56 Å². The van der Waals surface area contributed by atoms with Gasteiger partial charge in [-0.15, -0.1) is 11.3 Å². The first kappa shape index (κ1) is 20.5. The molecule has 3 nitrogen and oxygen atoms in total. The van der Waals surface area contributed by atoms with Gasteiger partial charge in [0, 0.05) is 28.2 Å². The molecular weight excluding hydrogens is 364 g/mol. The van der Waals surface area contributed by atoms with Crippen molar-refractivity contribution in [3.63, 3.8) is 0 Å². The molecule has 0 aliphatic carbocycles. The van der Waals surface area contributed by atoms with Crippen LogP contribution in [0, 0.1) is 13.8 Å². The molecule has 0 aliphatic rings. The highest BCUT2D eigenvalue weighted by Gasteiger charge is 2.16. The van der Waals surface area contributed by atoms with Crippen molar-refractivity contribution >= 4 is 11.3 Å². The molecule has 0 spiro atoms. The van der Waals surface area contributed by atoms with Crippen LogP contribution in [0.5, 0.6) is 0 Å². The summed E-state index contributed by atoms with van der Waals surface area (Å²) < 4.78 is 1.91. The van der Waals surface area contributed by atoms with Crippen LogP contribution in [-0.4, -0.2) is 9.55 Å². The Morgan fingerprint density at radius 1 is 1.00 bits per heavy atom. The third-order valence-corrected chi connectivity index (χ3v) is 6.23. The zero-order valence-corrected chi connectivity index (χ0v) is 18.0. The van der Waals surface area contributed by atoms with Crippen molar-refractivity contribution in [3.8, 4) is 11.4 Å². The number of aryl methyl sites for hydroxylation is 3. The summed E-state index contributed by atoms with van der Waals surface area (Å²) in [4.78, 5) is 19.7. The van der Waals surface area contributed by atoms with E-state index in [9.17, 15) is 4.79 Å². The summed E-state index contributed by atoms with van der Waals surface area (Å²) in [5, 5.41) is 2.09. The van der Waals surface area contributed by atoms with Gasteiger partial charge in [-0.3, -0.25) is 9.36 Å². The van der Waals surface area contributed by atoms with E-state index in [1.54, 1.807) is 11.3 Å². The van der Waals surface area contributed by atoms with Gasteiger partial charge >= 0.3 is 0 Å². The molecule has 148 valence electrons. The van der Waals surface area contributed by atoms with E-state index in [0.717, 1.165) is 47.5 Å². The van der Waals surface area contributed by atoms with Gasteiger partial charge < -0.3 is 0 Å². The van der Waals surface area contributed by atoms with E-state index >= 15 is 0 Å². The zero-order valence-electron chi connectivity index (χ0n) is 17.2. The molecule has 0 unspecified atom stereocenters. The average molecular weight is 395 g/mol. The fourth-order valence-electron chi connectivity index (χ4n) is 3.63. The third kappa shape index (κ3) is 4.79. The first-order valence-electron chi connectivity index (χ1n) is 10.3. The van der Waals surface area contributed by atoms with Crippen LogP contribution in [0.4, 0.5) is 0 Å². The van der Waals surface area contributed by atoms with Crippen molar-refractivity contribution in [2.75, 3.05) is 0 Å². The van der Waals surface area contributed by atoms with Crippen LogP contribution in [0.15, 0.2) is 46.6 Å². The minimum atomic E-state index is 0.138. The molecule has 1 aromatic carbocycles. The van der Waals surface area contributed by atoms with Crippen molar-refractivity contribution in [2.24, 2.45) is 0 Å². The molecule has 0 aliphatic heterocycles. The monoisotopic (exact) mass is 394 g/mol. The molecule has 0 N–H and O–H groups in total. The summed E-state index contributed by atoms with van der Waals surface area (Å²) in [5.74, 6) is 0.800. The number of unbranched alkanes of at least 4 members (excludes halogenated alkanes) is 3. The Balaban J connectivity index is 2.00. The molecule has 2 heterocycles. The number of hydrogen-bond acceptors (Lipinski definition) is 3. The van der Waals surface area contributed by atoms with E-state index in [4.69, 9.17) is 4.98 Å². The Labute approximate surface area is 172 Å². The summed E-state index contributed by atoms with van der Waals surface area (Å²) in [6, 6.07) is 12.4. The Morgan fingerprint density at radius 3 is 2.54 bits per heavy atom. The van der Waals surface area contributed by atoms with E-state index in [0.29, 0.717) is 6.54 Å². The van der Waals surface area contributed by atoms with Crippen molar-refractivity contribution in [1.82, 2.24) is 9.55 Å². The Bertz CT molecular complexity index is 957. The number of thiophene rings is 1. The highest BCUT2D eigenvalue weighted by molar-refractivity contribution is 7.09. The van der Waals surface area contributed by atoms with Gasteiger partial charge in [0.25, 0.3) is 5.56 Å². The lowest BCUT2D eigenvalue weighted by Crippen LogP contribution is -2.29. The van der Waals surface area contributed by atoms with Crippen molar-refractivity contribution in [3.05, 3.63) is 73.8 Å². The smallest absolute Gasteiger partial charge is 0.257 e. The minimum absolute atomic E-state index is 0.138. The lowest BCUT2D eigenvalue weighted by molar-refractivity contribution is 0.630. The van der Waals surface area contributed by atoms with Gasteiger partial charge in [-0.1, -0.05) is 56.5 Å². The van der Waals surface area contributed by atoms with Crippen molar-refractivity contribution in [2.45, 2.75) is 65.8 Å². The number of hydrogen-bond donors (Lipinski definition) is 0. The van der Waals surface area contributed by atoms with Crippen LogP contribution >= 0.6 is 11.3 Å². The molecule has 0 amide bonds. The molecule has 3 aromatic rings. The molecule has 0 saturated heterocycles. The quantitative estimate of drug-likeness (QED) is 0.420. The summed E-state index contributed by atoms with van der Waals surface area (Å²) in [7, 11) is 0. The average Bonchev–Trinajstić information content (AvgIpc) is 3.20. The summed E-state index contributed by atoms with van der Waals surface area (Å²) >= 11 is 1.74. The molecule has 4 heteroatoms. The van der Waals surface area contributed by atoms with Crippen LogP contribution in [0.3, 0.4) is 0 Å². The Hall–Kier alpha value is -2.20. The van der Waals surface area contributed by atoms with Crippen LogP contribution in [0.2, 0.25) is 0 Å². The zero-order chi connectivity index (χ0) is 19.9. The summed E-state index contributed by atoms with van der Waals surface area (Å²) in [6.45, 7) is 6.95. The van der Waals surface area contributed by atoms with Gasteiger partial charge in [-0.25, -0.2) is 4.98 Å². The van der Waals surface area contributed by atoms with Crippen LogP contribution in [0.25, 0.3) is 11.4 Å². The Kier molecular flexibility index (Phi) is 7.21. The first-order chi connectivity index (χ1) is 13.6. The van der Waals surface area contributed by atoms with Gasteiger partial charge in [0.2, 0.25) is 0 Å². The predicted molar refractivity (Wildman–Crippen MR) is 119 cm³/mol. The van der Waals surface area contributed by atoms with Crippen LogP contribution in [-0.2, 0) is 19.4 Å². The normalized spacial score (nSPS) is 11.1. The lowest BCUT2D eigenvalue weighted by atomic mass is 10.0. The van der Waals surface area contributed by atoms with Gasteiger partial charge in [0.15, 0.2) is 0 Å². The summed E-state index contributed by atoms with van der Waals surface area (Å²) in [5.41, 5.74) is 4.10. The van der Waals surface area contributed by atoms with E-state index in [1.165, 1.54) is 24.1 Å². The maximum atomic E-state index is 13.4. The molecule has 0 bridgehead atoms. The van der Waals surface area contributed by atoms with Gasteiger partial charge in [0.05, 0.1) is 0 Å². The Morgan fingerprint density at radius 2 is 1.82 bits per heavy atom. The van der Waals surface area contributed by atoms with E-state index < -0.39 is 0 Å². The van der Waals surface area contributed by atoms with Crippen molar-refractivity contribution in [1.29, 1.82) is 0 Å². The maximum absolute atomic E-state index is 13.4. The molecule has 0 saturated carbocycles. The van der Waals surface area contributed by atoms with Gasteiger partial charge in [-0.05, 0) is 50.1 Å². The number of nitrogens with zero attached hydrogens (tertiary/aromatic N) is 2. The third-order valence-electron chi connectivity index (χ3n) is 5.30. The minimum Gasteiger partial charge on any atom is -0.292 e. The fourth-order valence-corrected chi connectivity index (χ4v) is 4.33. The van der Waals surface area contributed by atoms with Gasteiger partial charge in [0.1, 0.15) is 5.82 Å². The second kappa shape index (κ2) is 9.83. The molecule has 0 atom stereocenters. The highest BCUT2D eigenvalue weighted by Crippen LogP contribution is 2.22. The number of benzene rings is 1. The van der Waals surface area contributed by atoms with Gasteiger partial charge in [-0.2, -0.15) is 0 Å². The van der Waals surface area contributed by atoms with E-state index in [1.807, 2.05) is 23.6 Å². The second-order valence-electron chi connectivity index (χ2n) is 7.41. The standard InChI is InChI=1S/C24H30N2OS/c1-4-5-6-7-14-22-19(3)25-23(21-13-9-8-11-18(21)2)26(24(22)27)16-15-20-12-10-17-28-20/h8-13,17H,4-7,14-16H2,1-3H3. The molecular formula is C24H30N2OS. The van der Waals surface area contributed by atoms with Crippen LogP contribution in [0.1, 0.15) is 54.3 Å². The van der Waals surface area contributed by atoms with E-state index in [-0.39, 0.29) is 5.56 Å². The highest BCUT2D eigenvalue weighted by atomic mass is 32.1. The number of rotatable bonds is 9. The first-order valence-corrected chi connectivity index (χ1v) is 11.2. The van der Waals surface area contributed by atoms with E-state index in [2.05, 4.69) is 43.5 Å². The lowest BCUT2D eigenvalue weighted by Gasteiger charge is -2.17. The van der Waals surface area contributed by atoms with Crippen molar-refractivity contribution < 1.29 is 0 Å². The summed E-state index contributed by atoms with van der Waals surface area (Å²) in [6.07, 6.45) is 6.33. The molecule has 28 heavy (non-hydrogen) atoms. The molecule has 0 radical (unpaired) electrons. The molecule has 0 fully saturated rings. The molecule has 3 rings (SSSR count). The molecule has 2 aromatic heterocycles. The number of aromatic nitrogens is 2. The topological polar surface area (TPSA) is 34.9 Å². The largest absolute Gasteiger partial charge is 0.292 e. The fraction of sp³-hybridized carbons (Fsp3) is 0.417. The maximum Gasteiger partial charge on any atom is 0.257 e. The SMILES string of the molecule is CCCCCCc1c(C)nc(-c2ccccc2C)n(CCc2cccs2)c1=O. The second-order valence-corrected chi connectivity index (χ2v) is 8.44. The predicted octanol–water partition coefficient (Wildman–Crippen LogP) is 5.95.